The van der Waals surface area contributed by atoms with Gasteiger partial charge in [-0.25, -0.2) is 0 Å². The summed E-state index contributed by atoms with van der Waals surface area (Å²) in [5.74, 6) is 0. The molecule has 7 heteroatoms. The van der Waals surface area contributed by atoms with E-state index >= 15 is 0 Å². The van der Waals surface area contributed by atoms with Crippen LogP contribution in [-0.4, -0.2) is 28.2 Å². The first-order valence-electron chi connectivity index (χ1n) is 0.894. The summed E-state index contributed by atoms with van der Waals surface area (Å²) in [6.45, 7) is 0. The van der Waals surface area contributed by atoms with Crippen LogP contribution in [0.2, 0.25) is 0 Å². The summed E-state index contributed by atoms with van der Waals surface area (Å²) in [6.07, 6.45) is 0. The molecule has 0 amide bonds. The number of rotatable bonds is 0. The molecule has 0 radical (unpaired) electrons. The molecule has 0 spiro atoms. The van der Waals surface area contributed by atoms with E-state index in [-0.39, 0.29) is 39.8 Å². The summed E-state index contributed by atoms with van der Waals surface area (Å²) in [7, 11) is -4.61. The minimum absolute atomic E-state index is 0. The molecule has 0 saturated heterocycles. The van der Waals surface area contributed by atoms with Gasteiger partial charge in [-0.2, -0.15) is 0 Å². The normalized spacial score (nSPS) is 8.57. The third-order valence-corrected chi connectivity index (χ3v) is 0. The number of hydrogen-bond acceptors (Lipinski definition) is 4. The summed E-state index contributed by atoms with van der Waals surface area (Å²) in [5.41, 5.74) is 0. The van der Waals surface area contributed by atoms with Crippen LogP contribution in [0.4, 0.5) is 0 Å². The SMILES string of the molecule is O[Si](O)(O)O.[H-].[Li+].[Zn]. The predicted molar refractivity (Wildman–Crippen MR) is 15.7 cm³/mol. The van der Waals surface area contributed by atoms with Gasteiger partial charge < -0.3 is 20.6 Å². The Balaban J connectivity index is -0.0000000267. The van der Waals surface area contributed by atoms with Gasteiger partial charge in [0.1, 0.15) is 0 Å². The van der Waals surface area contributed by atoms with Crippen molar-refractivity contribution < 1.29 is 58.9 Å². The van der Waals surface area contributed by atoms with Crippen molar-refractivity contribution in [3.63, 3.8) is 0 Å². The monoisotopic (exact) mass is 168 g/mol. The second-order valence-corrected chi connectivity index (χ2v) is 1.80. The molecular formula is H5LiO4SiZn. The molecule has 7 heavy (non-hydrogen) atoms. The van der Waals surface area contributed by atoms with Crippen LogP contribution in [0, 0.1) is 0 Å². The summed E-state index contributed by atoms with van der Waals surface area (Å²) in [5, 5.41) is 0. The van der Waals surface area contributed by atoms with Gasteiger partial charge >= 0.3 is 27.9 Å². The van der Waals surface area contributed by atoms with E-state index in [2.05, 4.69) is 0 Å². The molecule has 0 aromatic heterocycles. The van der Waals surface area contributed by atoms with Crippen molar-refractivity contribution >= 4 is 9.05 Å². The van der Waals surface area contributed by atoms with E-state index in [1.807, 2.05) is 0 Å². The second-order valence-electron chi connectivity index (χ2n) is 0.600. The Labute approximate surface area is 68.1 Å². The fourth-order valence-electron chi connectivity index (χ4n) is 0. The fraction of sp³-hybridized carbons (Fsp3) is 0. The zero-order valence-corrected chi connectivity index (χ0v) is 7.96. The van der Waals surface area contributed by atoms with Crippen LogP contribution in [0.15, 0.2) is 0 Å². The molecule has 0 heterocycles. The molecule has 36 valence electrons. The molecule has 0 rings (SSSR count). The van der Waals surface area contributed by atoms with E-state index in [9.17, 15) is 0 Å². The van der Waals surface area contributed by atoms with Crippen LogP contribution < -0.4 is 18.9 Å². The van der Waals surface area contributed by atoms with Crippen LogP contribution in [0.3, 0.4) is 0 Å². The summed E-state index contributed by atoms with van der Waals surface area (Å²) >= 11 is 0. The Bertz CT molecular complexity index is 31.5. The first-order valence-corrected chi connectivity index (χ1v) is 2.68. The quantitative estimate of drug-likeness (QED) is 0.273. The van der Waals surface area contributed by atoms with Crippen molar-refractivity contribution in [1.29, 1.82) is 0 Å². The first-order chi connectivity index (χ1) is 2.00. The summed E-state index contributed by atoms with van der Waals surface area (Å²) < 4.78 is 0. The molecule has 0 unspecified atom stereocenters. The maximum absolute atomic E-state index is 7.33. The molecule has 0 aliphatic heterocycles. The third-order valence-electron chi connectivity index (χ3n) is 0. The first kappa shape index (κ1) is 15.7. The van der Waals surface area contributed by atoms with E-state index in [0.29, 0.717) is 0 Å². The minimum atomic E-state index is -4.61. The van der Waals surface area contributed by atoms with Gasteiger partial charge in [-0.05, 0) is 0 Å². The maximum Gasteiger partial charge on any atom is 1.00 e. The van der Waals surface area contributed by atoms with Gasteiger partial charge in [0.05, 0.1) is 0 Å². The third kappa shape index (κ3) is 124. The van der Waals surface area contributed by atoms with Crippen LogP contribution >= 0.6 is 0 Å². The molecule has 0 saturated carbocycles. The van der Waals surface area contributed by atoms with E-state index in [4.69, 9.17) is 19.2 Å². The van der Waals surface area contributed by atoms with Crippen molar-refractivity contribution in [2.75, 3.05) is 0 Å². The van der Waals surface area contributed by atoms with Gasteiger partial charge in [0.25, 0.3) is 0 Å². The predicted octanol–water partition coefficient (Wildman–Crippen LogP) is -5.49. The molecule has 0 aromatic rings. The van der Waals surface area contributed by atoms with Crippen molar-refractivity contribution in [2.45, 2.75) is 0 Å². The smallest absolute Gasteiger partial charge is 1.00 e. The van der Waals surface area contributed by atoms with Gasteiger partial charge in [-0.1, -0.05) is 0 Å². The van der Waals surface area contributed by atoms with E-state index in [1.165, 1.54) is 0 Å². The molecule has 0 atom stereocenters. The van der Waals surface area contributed by atoms with Gasteiger partial charge in [0.15, 0.2) is 0 Å². The zero-order valence-electron chi connectivity index (χ0n) is 5.00. The van der Waals surface area contributed by atoms with Gasteiger partial charge in [-0.3, -0.25) is 0 Å². The molecule has 0 aromatic carbocycles. The average Bonchev–Trinajstić information content (AvgIpc) is 0.722. The molecule has 4 nitrogen and oxygen atoms in total. The zero-order chi connectivity index (χ0) is 4.50. The van der Waals surface area contributed by atoms with Crippen molar-refractivity contribution in [1.82, 2.24) is 0 Å². The van der Waals surface area contributed by atoms with Crippen molar-refractivity contribution in [3.05, 3.63) is 0 Å². The fourth-order valence-corrected chi connectivity index (χ4v) is 0. The van der Waals surface area contributed by atoms with Crippen LogP contribution in [0.25, 0.3) is 0 Å². The van der Waals surface area contributed by atoms with E-state index < -0.39 is 9.05 Å². The molecular weight excluding hydrogens is 164 g/mol. The Morgan fingerprint density at radius 1 is 1.00 bits per heavy atom. The van der Waals surface area contributed by atoms with Crippen molar-refractivity contribution in [2.24, 2.45) is 0 Å². The minimum Gasteiger partial charge on any atom is -1.00 e. The summed E-state index contributed by atoms with van der Waals surface area (Å²) in [4.78, 5) is 29.3. The molecule has 0 bridgehead atoms. The molecule has 0 aliphatic carbocycles. The van der Waals surface area contributed by atoms with Crippen LogP contribution in [0.5, 0.6) is 0 Å². The van der Waals surface area contributed by atoms with Crippen molar-refractivity contribution in [3.8, 4) is 0 Å². The molecule has 0 aliphatic rings. The Hall–Kier alpha value is 1.28. The Morgan fingerprint density at radius 3 is 1.00 bits per heavy atom. The van der Waals surface area contributed by atoms with Crippen LogP contribution in [-0.2, 0) is 19.5 Å². The molecule has 0 fully saturated rings. The number of hydrogen-bond donors (Lipinski definition) is 4. The largest absolute Gasteiger partial charge is 1.00 e. The Kier molecular flexibility index (Phi) is 12.2. The average molecular weight is 169 g/mol. The second kappa shape index (κ2) is 5.42. The van der Waals surface area contributed by atoms with Gasteiger partial charge in [0.2, 0.25) is 0 Å². The van der Waals surface area contributed by atoms with Gasteiger partial charge in [0, 0.05) is 19.5 Å². The molecule has 4 N–H and O–H groups in total. The summed E-state index contributed by atoms with van der Waals surface area (Å²) in [6, 6.07) is 0. The Morgan fingerprint density at radius 2 is 1.00 bits per heavy atom. The van der Waals surface area contributed by atoms with E-state index in [0.717, 1.165) is 0 Å². The van der Waals surface area contributed by atoms with Crippen LogP contribution in [0.1, 0.15) is 1.43 Å². The van der Waals surface area contributed by atoms with Gasteiger partial charge in [-0.15, -0.1) is 0 Å². The maximum atomic E-state index is 7.33. The standard InChI is InChI=1S/Li.H4O4Si.Zn.H/c;1-5(2,3)4;;/h;1-4H;;/q+1;;;-1. The topological polar surface area (TPSA) is 80.9 Å². The van der Waals surface area contributed by atoms with E-state index in [1.54, 1.807) is 0 Å².